The Hall–Kier alpha value is -0.442. The van der Waals surface area contributed by atoms with Crippen molar-refractivity contribution in [3.05, 3.63) is 23.8 Å². The average molecular weight is 459 g/mol. The molecular weight excluding hydrogens is 424 g/mol. The third-order valence-corrected chi connectivity index (χ3v) is 10.5. The number of para-hydroxylation sites is 1. The predicted molar refractivity (Wildman–Crippen MR) is 104 cm³/mol. The maximum atomic E-state index is 9.76. The summed E-state index contributed by atoms with van der Waals surface area (Å²) in [5.74, 6) is 1.88. The standard InChI is InChI=1S/C10H23NO.C10H14O2.Sb/c1-3-5-7-11(9-10-12)8-6-4-2;1-10(2,3)7-5-4-6-8(11)9(7)12;/h12H,3-10H2,1-2H3;4-6,11-12H,1-3H3;/q;;+3/p-2. The summed E-state index contributed by atoms with van der Waals surface area (Å²) in [4.78, 5) is 0. The first-order valence-electron chi connectivity index (χ1n) is 9.65. The summed E-state index contributed by atoms with van der Waals surface area (Å²) in [5, 5.41) is 9.76. The first-order valence-corrected chi connectivity index (χ1v) is 12.9. The molecule has 0 aliphatic carbocycles. The zero-order valence-corrected chi connectivity index (χ0v) is 19.1. The number of benzene rings is 1. The molecule has 5 heteroatoms. The van der Waals surface area contributed by atoms with E-state index in [2.05, 4.69) is 46.8 Å². The van der Waals surface area contributed by atoms with Gasteiger partial charge < -0.3 is 0 Å². The van der Waals surface area contributed by atoms with E-state index < -0.39 is 21.3 Å². The minimum atomic E-state index is -2.56. The summed E-state index contributed by atoms with van der Waals surface area (Å²) < 4.78 is 13.9. The molecule has 0 unspecified atom stereocenters. The van der Waals surface area contributed by atoms with Crippen LogP contribution in [0, 0.1) is 0 Å². The molecule has 0 spiro atoms. The Bertz CT molecular complexity index is 548. The van der Waals surface area contributed by atoms with Gasteiger partial charge in [0, 0.05) is 0 Å². The molecule has 1 aromatic carbocycles. The van der Waals surface area contributed by atoms with Crippen LogP contribution in [-0.2, 0) is 5.41 Å². The molecule has 0 aromatic heterocycles. The number of hydrogen-bond acceptors (Lipinski definition) is 3. The van der Waals surface area contributed by atoms with Gasteiger partial charge in [-0.1, -0.05) is 0 Å². The van der Waals surface area contributed by atoms with Crippen molar-refractivity contribution in [1.29, 1.82) is 0 Å². The van der Waals surface area contributed by atoms with E-state index >= 15 is 0 Å². The first-order chi connectivity index (χ1) is 11.9. The Morgan fingerprint density at radius 3 is 2.16 bits per heavy atom. The van der Waals surface area contributed by atoms with E-state index in [9.17, 15) is 5.11 Å². The summed E-state index contributed by atoms with van der Waals surface area (Å²) >= 11 is -2.56. The Balaban J connectivity index is 2.33. The van der Waals surface area contributed by atoms with Gasteiger partial charge >= 0.3 is 162 Å². The number of quaternary nitrogens is 1. The van der Waals surface area contributed by atoms with Crippen LogP contribution in [0.1, 0.15) is 65.9 Å². The van der Waals surface area contributed by atoms with Crippen LogP contribution in [0.2, 0.25) is 0 Å². The van der Waals surface area contributed by atoms with Gasteiger partial charge in [0.25, 0.3) is 0 Å². The molecule has 1 aliphatic heterocycles. The van der Waals surface area contributed by atoms with Crippen molar-refractivity contribution in [3.63, 3.8) is 0 Å². The molecule has 25 heavy (non-hydrogen) atoms. The average Bonchev–Trinajstić information content (AvgIpc) is 3.01. The van der Waals surface area contributed by atoms with Crippen molar-refractivity contribution in [3.8, 4) is 11.5 Å². The molecule has 2 rings (SSSR count). The van der Waals surface area contributed by atoms with Crippen LogP contribution in [0.3, 0.4) is 0 Å². The van der Waals surface area contributed by atoms with Crippen LogP contribution in [0.25, 0.3) is 0 Å². The predicted octanol–water partition coefficient (Wildman–Crippen LogP) is 4.15. The number of hydrogen-bond donors (Lipinski definition) is 1. The summed E-state index contributed by atoms with van der Waals surface area (Å²) in [6.45, 7) is 14.2. The van der Waals surface area contributed by atoms with Gasteiger partial charge in [-0.2, -0.15) is 0 Å². The third kappa shape index (κ3) is 4.84. The van der Waals surface area contributed by atoms with Gasteiger partial charge in [0.05, 0.1) is 0 Å². The molecule has 1 aromatic rings. The molecule has 0 fully saturated rings. The fraction of sp³-hybridized carbons (Fsp3) is 0.700. The summed E-state index contributed by atoms with van der Waals surface area (Å²) in [7, 11) is 0. The first kappa shape index (κ1) is 20.9. The quantitative estimate of drug-likeness (QED) is 0.565. The van der Waals surface area contributed by atoms with Crippen molar-refractivity contribution in [2.45, 2.75) is 65.7 Å². The molecule has 0 amide bonds. The molecule has 0 atom stereocenters. The van der Waals surface area contributed by atoms with Gasteiger partial charge in [-0.15, -0.1) is 0 Å². The van der Waals surface area contributed by atoms with Gasteiger partial charge in [0.1, 0.15) is 0 Å². The van der Waals surface area contributed by atoms with Crippen LogP contribution in [0.15, 0.2) is 18.2 Å². The second-order valence-corrected chi connectivity index (χ2v) is 12.8. The Labute approximate surface area is 162 Å². The number of rotatable bonds is 9. The zero-order chi connectivity index (χ0) is 18.5. The number of aliphatic hydroxyl groups excluding tert-OH is 1. The van der Waals surface area contributed by atoms with Crippen molar-refractivity contribution in [2.75, 3.05) is 26.2 Å². The SMILES string of the molecule is CCCC[N+](CCO)(CCCC)[Sb]1[O]c2cccc(C(C)(C)C)c2[O]1. The van der Waals surface area contributed by atoms with Crippen molar-refractivity contribution in [1.82, 2.24) is 0 Å². The van der Waals surface area contributed by atoms with Gasteiger partial charge in [-0.3, -0.25) is 0 Å². The summed E-state index contributed by atoms with van der Waals surface area (Å²) in [6.07, 6.45) is 4.62. The Morgan fingerprint density at radius 2 is 1.64 bits per heavy atom. The molecule has 1 aliphatic rings. The zero-order valence-electron chi connectivity index (χ0n) is 16.5. The van der Waals surface area contributed by atoms with E-state index in [-0.39, 0.29) is 12.0 Å². The molecule has 0 radical (unpaired) electrons. The molecule has 142 valence electrons. The molecule has 1 heterocycles. The molecular formula is C20H35NO3Sb+. The van der Waals surface area contributed by atoms with Gasteiger partial charge in [-0.05, 0) is 0 Å². The number of nitrogens with zero attached hydrogens (tertiary/aromatic N) is 1. The van der Waals surface area contributed by atoms with E-state index in [0.29, 0.717) is 0 Å². The van der Waals surface area contributed by atoms with Crippen molar-refractivity contribution in [2.24, 2.45) is 0 Å². The van der Waals surface area contributed by atoms with Crippen LogP contribution >= 0.6 is 0 Å². The van der Waals surface area contributed by atoms with E-state index in [1.807, 2.05) is 6.07 Å². The molecule has 1 N–H and O–H groups in total. The fourth-order valence-electron chi connectivity index (χ4n) is 3.30. The van der Waals surface area contributed by atoms with Crippen LogP contribution < -0.4 is 6.03 Å². The second-order valence-electron chi connectivity index (χ2n) is 8.00. The third-order valence-electron chi connectivity index (χ3n) is 4.85. The van der Waals surface area contributed by atoms with E-state index in [1.54, 1.807) is 0 Å². The topological polar surface area (TPSA) is 38.7 Å². The number of aliphatic hydroxyl groups is 1. The minimum absolute atomic E-state index is 0.0324. The maximum absolute atomic E-state index is 9.76. The fourth-order valence-corrected chi connectivity index (χ4v) is 8.73. The summed E-state index contributed by atoms with van der Waals surface area (Å²) in [5.41, 5.74) is 1.26. The number of unbranched alkanes of at least 4 members (excludes halogenated alkanes) is 2. The van der Waals surface area contributed by atoms with Gasteiger partial charge in [-0.25, -0.2) is 0 Å². The van der Waals surface area contributed by atoms with E-state index in [1.165, 1.54) is 5.56 Å². The van der Waals surface area contributed by atoms with Crippen molar-refractivity contribution >= 4 is 21.3 Å². The normalized spacial score (nSPS) is 15.0. The molecule has 0 saturated carbocycles. The Morgan fingerprint density at radius 1 is 1.00 bits per heavy atom. The molecule has 0 bridgehead atoms. The van der Waals surface area contributed by atoms with Crippen molar-refractivity contribution < 1.29 is 13.8 Å². The molecule has 0 saturated heterocycles. The van der Waals surface area contributed by atoms with E-state index in [4.69, 9.17) is 6.03 Å². The van der Waals surface area contributed by atoms with Crippen LogP contribution in [0.4, 0.5) is 0 Å². The summed E-state index contributed by atoms with van der Waals surface area (Å²) in [6, 6.07) is 6.28. The van der Waals surface area contributed by atoms with Crippen LogP contribution in [0.5, 0.6) is 11.5 Å². The van der Waals surface area contributed by atoms with Gasteiger partial charge in [0.15, 0.2) is 0 Å². The monoisotopic (exact) mass is 458 g/mol. The second kappa shape index (κ2) is 8.97. The molecule has 4 nitrogen and oxygen atoms in total. The number of fused-ring (bicyclic) bond motifs is 1. The van der Waals surface area contributed by atoms with Gasteiger partial charge in [0.2, 0.25) is 0 Å². The van der Waals surface area contributed by atoms with Crippen LogP contribution in [-0.4, -0.2) is 55.3 Å². The Kier molecular flexibility index (Phi) is 7.49. The van der Waals surface area contributed by atoms with E-state index in [0.717, 1.165) is 59.5 Å².